The minimum Gasteiger partial charge on any atom is -0.303 e. The summed E-state index contributed by atoms with van der Waals surface area (Å²) in [4.78, 5) is 2.80. The van der Waals surface area contributed by atoms with Crippen LogP contribution in [-0.2, 0) is 0 Å². The number of unbranched alkanes of at least 4 members (excludes halogenated alkanes) is 9. The van der Waals surface area contributed by atoms with E-state index in [0.29, 0.717) is 0 Å². The summed E-state index contributed by atoms with van der Waals surface area (Å²) in [5.74, 6) is 2.63. The van der Waals surface area contributed by atoms with E-state index in [1.54, 1.807) is 0 Å². The van der Waals surface area contributed by atoms with Crippen molar-refractivity contribution in [2.24, 2.45) is 17.8 Å². The van der Waals surface area contributed by atoms with Gasteiger partial charge in [0.05, 0.1) is 0 Å². The molecule has 0 rings (SSSR count). The first kappa shape index (κ1) is 31.4. The SMILES string of the molecule is CC(C)CCCCCCN(CCCCCCC(C)C)CCCCCCC(C)C.Cl. The quantitative estimate of drug-likeness (QED) is 0.163. The van der Waals surface area contributed by atoms with Crippen LogP contribution in [0.3, 0.4) is 0 Å². The fourth-order valence-electron chi connectivity index (χ4n) is 4.06. The van der Waals surface area contributed by atoms with Gasteiger partial charge in [-0.05, 0) is 56.7 Å². The van der Waals surface area contributed by atoms with Gasteiger partial charge in [-0.15, -0.1) is 12.4 Å². The molecular formula is C27H58ClN. The number of hydrogen-bond donors (Lipinski definition) is 0. The first-order chi connectivity index (χ1) is 13.4. The van der Waals surface area contributed by atoms with Crippen LogP contribution in [0.2, 0.25) is 0 Å². The highest BCUT2D eigenvalue weighted by atomic mass is 35.5. The van der Waals surface area contributed by atoms with Crippen molar-refractivity contribution in [3.8, 4) is 0 Å². The van der Waals surface area contributed by atoms with E-state index in [1.165, 1.54) is 116 Å². The molecule has 0 aromatic heterocycles. The molecule has 0 aliphatic rings. The van der Waals surface area contributed by atoms with Gasteiger partial charge in [-0.25, -0.2) is 0 Å². The van der Waals surface area contributed by atoms with Crippen molar-refractivity contribution in [1.29, 1.82) is 0 Å². The Morgan fingerprint density at radius 3 is 0.862 bits per heavy atom. The van der Waals surface area contributed by atoms with Crippen molar-refractivity contribution >= 4 is 12.4 Å². The Bertz CT molecular complexity index is 253. The van der Waals surface area contributed by atoms with E-state index in [4.69, 9.17) is 0 Å². The largest absolute Gasteiger partial charge is 0.303 e. The molecule has 0 saturated heterocycles. The van der Waals surface area contributed by atoms with Crippen LogP contribution in [-0.4, -0.2) is 24.5 Å². The normalized spacial score (nSPS) is 11.8. The third-order valence-corrected chi connectivity index (χ3v) is 6.02. The van der Waals surface area contributed by atoms with Gasteiger partial charge >= 0.3 is 0 Å². The molecule has 0 heterocycles. The predicted octanol–water partition coefficient (Wildman–Crippen LogP) is 9.53. The molecule has 0 aliphatic heterocycles. The van der Waals surface area contributed by atoms with Gasteiger partial charge in [-0.1, -0.05) is 119 Å². The molecule has 0 bridgehead atoms. The molecule has 178 valence electrons. The van der Waals surface area contributed by atoms with E-state index in [1.807, 2.05) is 0 Å². The first-order valence-corrected chi connectivity index (χ1v) is 13.1. The lowest BCUT2D eigenvalue weighted by atomic mass is 10.0. The van der Waals surface area contributed by atoms with Gasteiger partial charge in [0.15, 0.2) is 0 Å². The Morgan fingerprint density at radius 2 is 0.621 bits per heavy atom. The molecule has 0 fully saturated rings. The number of nitrogens with zero attached hydrogens (tertiary/aromatic N) is 1. The molecule has 2 heteroatoms. The minimum atomic E-state index is 0. The maximum absolute atomic E-state index is 2.80. The molecule has 29 heavy (non-hydrogen) atoms. The first-order valence-electron chi connectivity index (χ1n) is 13.1. The van der Waals surface area contributed by atoms with Crippen LogP contribution in [0.15, 0.2) is 0 Å². The maximum atomic E-state index is 2.80. The van der Waals surface area contributed by atoms with Crippen molar-refractivity contribution in [2.75, 3.05) is 19.6 Å². The Labute approximate surface area is 192 Å². The van der Waals surface area contributed by atoms with Crippen LogP contribution in [0.5, 0.6) is 0 Å². The average Bonchev–Trinajstić information content (AvgIpc) is 2.62. The summed E-state index contributed by atoms with van der Waals surface area (Å²) in [6.07, 6.45) is 21.4. The van der Waals surface area contributed by atoms with Gasteiger partial charge in [0.2, 0.25) is 0 Å². The molecule has 0 N–H and O–H groups in total. The summed E-state index contributed by atoms with van der Waals surface area (Å²) in [6, 6.07) is 0. The Kier molecular flexibility index (Phi) is 24.9. The van der Waals surface area contributed by atoms with E-state index in [-0.39, 0.29) is 12.4 Å². The molecule has 0 atom stereocenters. The second-order valence-corrected chi connectivity index (χ2v) is 10.6. The van der Waals surface area contributed by atoms with Crippen molar-refractivity contribution < 1.29 is 0 Å². The second-order valence-electron chi connectivity index (χ2n) is 10.6. The molecule has 0 aromatic rings. The smallest absolute Gasteiger partial charge is 0.00187 e. The molecular weight excluding hydrogens is 374 g/mol. The average molecular weight is 432 g/mol. The summed E-state index contributed by atoms with van der Waals surface area (Å²) >= 11 is 0. The van der Waals surface area contributed by atoms with Crippen LogP contribution in [0.4, 0.5) is 0 Å². The van der Waals surface area contributed by atoms with Crippen LogP contribution in [0, 0.1) is 17.8 Å². The van der Waals surface area contributed by atoms with E-state index < -0.39 is 0 Å². The van der Waals surface area contributed by atoms with Gasteiger partial charge in [0.1, 0.15) is 0 Å². The summed E-state index contributed by atoms with van der Waals surface area (Å²) in [7, 11) is 0. The lowest BCUT2D eigenvalue weighted by molar-refractivity contribution is 0.253. The van der Waals surface area contributed by atoms with E-state index >= 15 is 0 Å². The fraction of sp³-hybridized carbons (Fsp3) is 1.00. The molecule has 0 saturated carbocycles. The van der Waals surface area contributed by atoms with E-state index in [0.717, 1.165) is 17.8 Å². The highest BCUT2D eigenvalue weighted by molar-refractivity contribution is 5.85. The lowest BCUT2D eigenvalue weighted by Crippen LogP contribution is -2.27. The summed E-state index contributed by atoms with van der Waals surface area (Å²) in [5, 5.41) is 0. The maximum Gasteiger partial charge on any atom is -0.00187 e. The Balaban J connectivity index is 0. The van der Waals surface area contributed by atoms with Gasteiger partial charge in [0.25, 0.3) is 0 Å². The van der Waals surface area contributed by atoms with Gasteiger partial charge < -0.3 is 4.90 Å². The molecule has 0 radical (unpaired) electrons. The van der Waals surface area contributed by atoms with E-state index in [9.17, 15) is 0 Å². The van der Waals surface area contributed by atoms with Crippen molar-refractivity contribution in [1.82, 2.24) is 4.90 Å². The van der Waals surface area contributed by atoms with Gasteiger partial charge in [-0.2, -0.15) is 0 Å². The Morgan fingerprint density at radius 1 is 0.379 bits per heavy atom. The number of halogens is 1. The predicted molar refractivity (Wildman–Crippen MR) is 137 cm³/mol. The van der Waals surface area contributed by atoms with Gasteiger partial charge in [-0.3, -0.25) is 0 Å². The minimum absolute atomic E-state index is 0. The summed E-state index contributed by atoms with van der Waals surface area (Å²) in [5.41, 5.74) is 0. The Hall–Kier alpha value is 0.250. The van der Waals surface area contributed by atoms with Gasteiger partial charge in [0, 0.05) is 0 Å². The third kappa shape index (κ3) is 26.2. The molecule has 1 nitrogen and oxygen atoms in total. The number of rotatable bonds is 21. The highest BCUT2D eigenvalue weighted by Gasteiger charge is 2.05. The fourth-order valence-corrected chi connectivity index (χ4v) is 4.06. The lowest BCUT2D eigenvalue weighted by Gasteiger charge is -2.22. The topological polar surface area (TPSA) is 3.24 Å². The molecule has 0 aliphatic carbocycles. The number of hydrogen-bond acceptors (Lipinski definition) is 1. The van der Waals surface area contributed by atoms with Crippen molar-refractivity contribution in [2.45, 2.75) is 138 Å². The van der Waals surface area contributed by atoms with Crippen LogP contribution in [0.25, 0.3) is 0 Å². The second kappa shape index (κ2) is 22.9. The van der Waals surface area contributed by atoms with E-state index in [2.05, 4.69) is 46.4 Å². The van der Waals surface area contributed by atoms with Crippen LogP contribution >= 0.6 is 12.4 Å². The van der Waals surface area contributed by atoms with Crippen LogP contribution < -0.4 is 0 Å². The molecule has 0 unspecified atom stereocenters. The third-order valence-electron chi connectivity index (χ3n) is 6.02. The monoisotopic (exact) mass is 431 g/mol. The highest BCUT2D eigenvalue weighted by Crippen LogP contribution is 2.14. The van der Waals surface area contributed by atoms with Crippen LogP contribution in [0.1, 0.15) is 138 Å². The van der Waals surface area contributed by atoms with Crippen molar-refractivity contribution in [3.05, 3.63) is 0 Å². The molecule has 0 amide bonds. The zero-order valence-corrected chi connectivity index (χ0v) is 22.1. The van der Waals surface area contributed by atoms with Crippen molar-refractivity contribution in [3.63, 3.8) is 0 Å². The zero-order chi connectivity index (χ0) is 21.0. The summed E-state index contributed by atoms with van der Waals surface area (Å²) < 4.78 is 0. The molecule has 0 aromatic carbocycles. The zero-order valence-electron chi connectivity index (χ0n) is 21.3. The summed E-state index contributed by atoms with van der Waals surface area (Å²) in [6.45, 7) is 18.1. The molecule has 0 spiro atoms. The standard InChI is InChI=1S/C27H57N.ClH/c1-25(2)19-13-7-10-16-22-28(23-17-11-8-14-20-26(3)4)24-18-12-9-15-21-27(5)6;/h25-27H,7-24H2,1-6H3;1H.